The average molecular weight is 274 g/mol. The highest BCUT2D eigenvalue weighted by Gasteiger charge is 2.44. The SMILES string of the molecule is CCNC1C(S(=O)CC(=O)N(C)C)CCC1(C)C. The molecule has 1 aliphatic carbocycles. The van der Waals surface area contributed by atoms with E-state index >= 15 is 0 Å². The van der Waals surface area contributed by atoms with Crippen molar-refractivity contribution in [2.75, 3.05) is 26.4 Å². The fourth-order valence-corrected chi connectivity index (χ4v) is 4.47. The van der Waals surface area contributed by atoms with E-state index in [1.54, 1.807) is 14.1 Å². The van der Waals surface area contributed by atoms with Crippen molar-refractivity contribution in [1.29, 1.82) is 0 Å². The quantitative estimate of drug-likeness (QED) is 0.813. The minimum atomic E-state index is -1.08. The fourth-order valence-electron chi connectivity index (χ4n) is 2.61. The summed E-state index contributed by atoms with van der Waals surface area (Å²) in [4.78, 5) is 13.2. The monoisotopic (exact) mass is 274 g/mol. The zero-order valence-corrected chi connectivity index (χ0v) is 13.0. The van der Waals surface area contributed by atoms with Crippen LogP contribution in [-0.2, 0) is 15.6 Å². The van der Waals surface area contributed by atoms with Crippen molar-refractivity contribution in [3.63, 3.8) is 0 Å². The number of nitrogens with zero attached hydrogens (tertiary/aromatic N) is 1. The number of carbonyl (C=O) groups excluding carboxylic acids is 1. The van der Waals surface area contributed by atoms with Crippen LogP contribution in [0.1, 0.15) is 33.6 Å². The Morgan fingerprint density at radius 2 is 2.06 bits per heavy atom. The summed E-state index contributed by atoms with van der Waals surface area (Å²) in [6.07, 6.45) is 2.01. The van der Waals surface area contributed by atoms with Gasteiger partial charge in [-0.3, -0.25) is 9.00 Å². The van der Waals surface area contributed by atoms with E-state index in [0.29, 0.717) is 0 Å². The minimum Gasteiger partial charge on any atom is -0.348 e. The summed E-state index contributed by atoms with van der Waals surface area (Å²) >= 11 is 0. The number of hydrogen-bond acceptors (Lipinski definition) is 3. The van der Waals surface area contributed by atoms with E-state index in [0.717, 1.165) is 19.4 Å². The molecule has 0 aliphatic heterocycles. The van der Waals surface area contributed by atoms with E-state index in [2.05, 4.69) is 26.1 Å². The van der Waals surface area contributed by atoms with E-state index in [1.807, 2.05) is 0 Å². The lowest BCUT2D eigenvalue weighted by Gasteiger charge is -2.31. The summed E-state index contributed by atoms with van der Waals surface area (Å²) in [5.74, 6) is 0.101. The Morgan fingerprint density at radius 1 is 1.44 bits per heavy atom. The van der Waals surface area contributed by atoms with Crippen molar-refractivity contribution in [3.8, 4) is 0 Å². The molecule has 5 heteroatoms. The Hall–Kier alpha value is -0.420. The van der Waals surface area contributed by atoms with Gasteiger partial charge in [0.2, 0.25) is 5.91 Å². The number of amides is 1. The van der Waals surface area contributed by atoms with Crippen molar-refractivity contribution in [1.82, 2.24) is 10.2 Å². The van der Waals surface area contributed by atoms with Crippen LogP contribution in [0.2, 0.25) is 0 Å². The molecule has 0 aromatic rings. The van der Waals surface area contributed by atoms with Crippen LogP contribution in [0.3, 0.4) is 0 Å². The molecule has 4 nitrogen and oxygen atoms in total. The largest absolute Gasteiger partial charge is 0.348 e. The van der Waals surface area contributed by atoms with E-state index < -0.39 is 10.8 Å². The van der Waals surface area contributed by atoms with Crippen LogP contribution in [0.25, 0.3) is 0 Å². The third kappa shape index (κ3) is 3.54. The van der Waals surface area contributed by atoms with Gasteiger partial charge in [0, 0.05) is 30.9 Å². The highest BCUT2D eigenvalue weighted by molar-refractivity contribution is 7.86. The van der Waals surface area contributed by atoms with E-state index in [4.69, 9.17) is 0 Å². The molecule has 1 saturated carbocycles. The Labute approximate surface area is 113 Å². The molecule has 1 fully saturated rings. The van der Waals surface area contributed by atoms with Gasteiger partial charge in [-0.05, 0) is 24.8 Å². The normalized spacial score (nSPS) is 28.1. The lowest BCUT2D eigenvalue weighted by Crippen LogP contribution is -2.47. The molecule has 0 aromatic carbocycles. The summed E-state index contributed by atoms with van der Waals surface area (Å²) in [6, 6.07) is 0.248. The van der Waals surface area contributed by atoms with Crippen LogP contribution in [0.15, 0.2) is 0 Å². The lowest BCUT2D eigenvalue weighted by atomic mass is 9.87. The topological polar surface area (TPSA) is 49.4 Å². The van der Waals surface area contributed by atoms with Gasteiger partial charge in [-0.15, -0.1) is 0 Å². The summed E-state index contributed by atoms with van der Waals surface area (Å²) in [5.41, 5.74) is 0.164. The Kier molecular flexibility index (Phi) is 5.34. The van der Waals surface area contributed by atoms with Gasteiger partial charge in [0.25, 0.3) is 0 Å². The van der Waals surface area contributed by atoms with Crippen LogP contribution in [-0.4, -0.2) is 52.7 Å². The highest BCUT2D eigenvalue weighted by atomic mass is 32.2. The molecular weight excluding hydrogens is 248 g/mol. The standard InChI is InChI=1S/C13H26N2O2S/c1-6-14-12-10(7-8-13(12,2)3)18(17)9-11(16)15(4)5/h10,12,14H,6-9H2,1-5H3. The molecule has 1 N–H and O–H groups in total. The molecule has 0 aromatic heterocycles. The van der Waals surface area contributed by atoms with Crippen LogP contribution in [0, 0.1) is 5.41 Å². The van der Waals surface area contributed by atoms with Crippen molar-refractivity contribution >= 4 is 16.7 Å². The molecule has 0 saturated heterocycles. The summed E-state index contributed by atoms with van der Waals surface area (Å²) in [6.45, 7) is 7.37. The molecule has 18 heavy (non-hydrogen) atoms. The second kappa shape index (κ2) is 6.15. The number of hydrogen-bond donors (Lipinski definition) is 1. The zero-order valence-electron chi connectivity index (χ0n) is 12.2. The van der Waals surface area contributed by atoms with Gasteiger partial charge in [-0.25, -0.2) is 0 Å². The van der Waals surface area contributed by atoms with Crippen molar-refractivity contribution < 1.29 is 9.00 Å². The zero-order chi connectivity index (χ0) is 13.9. The summed E-state index contributed by atoms with van der Waals surface area (Å²) in [5, 5.41) is 3.55. The lowest BCUT2D eigenvalue weighted by molar-refractivity contribution is -0.125. The Balaban J connectivity index is 2.70. The van der Waals surface area contributed by atoms with Gasteiger partial charge in [-0.2, -0.15) is 0 Å². The maximum atomic E-state index is 12.4. The summed E-state index contributed by atoms with van der Waals surface area (Å²) in [7, 11) is 2.34. The molecule has 0 spiro atoms. The molecule has 0 bridgehead atoms. The van der Waals surface area contributed by atoms with Gasteiger partial charge >= 0.3 is 0 Å². The smallest absolute Gasteiger partial charge is 0.234 e. The number of carbonyl (C=O) groups is 1. The van der Waals surface area contributed by atoms with Gasteiger partial charge in [-0.1, -0.05) is 20.8 Å². The van der Waals surface area contributed by atoms with Gasteiger partial charge in [0.05, 0.1) is 5.25 Å². The maximum Gasteiger partial charge on any atom is 0.234 e. The van der Waals surface area contributed by atoms with Crippen LogP contribution in [0.4, 0.5) is 0 Å². The average Bonchev–Trinajstić information content (AvgIpc) is 2.55. The van der Waals surface area contributed by atoms with Gasteiger partial charge in [0.15, 0.2) is 0 Å². The first-order valence-electron chi connectivity index (χ1n) is 6.60. The Bertz CT molecular complexity index is 329. The molecule has 106 valence electrons. The fraction of sp³-hybridized carbons (Fsp3) is 0.923. The van der Waals surface area contributed by atoms with Gasteiger partial charge in [0.1, 0.15) is 5.75 Å². The first kappa shape index (κ1) is 15.6. The molecular formula is C13H26N2O2S. The van der Waals surface area contributed by atoms with Crippen molar-refractivity contribution in [2.24, 2.45) is 5.41 Å². The predicted octanol–water partition coefficient (Wildman–Crippen LogP) is 0.990. The van der Waals surface area contributed by atoms with Crippen molar-refractivity contribution in [2.45, 2.75) is 44.9 Å². The molecule has 1 aliphatic rings. The molecule has 1 rings (SSSR count). The predicted molar refractivity (Wildman–Crippen MR) is 76.0 cm³/mol. The van der Waals surface area contributed by atoms with Crippen LogP contribution >= 0.6 is 0 Å². The summed E-state index contributed by atoms with van der Waals surface area (Å²) < 4.78 is 12.4. The molecule has 0 heterocycles. The molecule has 3 atom stereocenters. The highest BCUT2D eigenvalue weighted by Crippen LogP contribution is 2.39. The molecule has 3 unspecified atom stereocenters. The van der Waals surface area contributed by atoms with Gasteiger partial charge < -0.3 is 10.2 Å². The minimum absolute atomic E-state index is 0.0479. The second-order valence-corrected chi connectivity index (χ2v) is 7.57. The maximum absolute atomic E-state index is 12.4. The van der Waals surface area contributed by atoms with E-state index in [9.17, 15) is 9.00 Å². The molecule has 0 radical (unpaired) electrons. The Morgan fingerprint density at radius 3 is 2.56 bits per heavy atom. The molecule has 1 amide bonds. The van der Waals surface area contributed by atoms with Crippen molar-refractivity contribution in [3.05, 3.63) is 0 Å². The second-order valence-electron chi connectivity index (χ2n) is 5.91. The van der Waals surface area contributed by atoms with E-state index in [-0.39, 0.29) is 28.4 Å². The first-order valence-corrected chi connectivity index (χ1v) is 7.98. The van der Waals surface area contributed by atoms with Crippen LogP contribution in [0.5, 0.6) is 0 Å². The first-order chi connectivity index (χ1) is 8.29. The third-order valence-electron chi connectivity index (χ3n) is 3.81. The van der Waals surface area contributed by atoms with E-state index in [1.165, 1.54) is 4.90 Å². The number of nitrogens with one attached hydrogen (secondary N) is 1. The van der Waals surface area contributed by atoms with Crippen LogP contribution < -0.4 is 5.32 Å². The number of rotatable bonds is 5. The third-order valence-corrected chi connectivity index (χ3v) is 5.53.